The zero-order valence-electron chi connectivity index (χ0n) is 11.6. The molecule has 0 aliphatic heterocycles. The van der Waals surface area contributed by atoms with Crippen molar-refractivity contribution in [2.24, 2.45) is 0 Å². The first-order valence-electron chi connectivity index (χ1n) is 6.58. The van der Waals surface area contributed by atoms with Gasteiger partial charge in [0.2, 0.25) is 11.7 Å². The summed E-state index contributed by atoms with van der Waals surface area (Å²) in [4.78, 5) is 4.17. The van der Waals surface area contributed by atoms with Gasteiger partial charge in [-0.25, -0.2) is 0 Å². The number of aryl methyl sites for hydroxylation is 1. The number of aliphatic hydroxyl groups excluding tert-OH is 1. The number of aliphatic hydroxyl groups is 1. The summed E-state index contributed by atoms with van der Waals surface area (Å²) < 4.78 is 16.2. The predicted molar refractivity (Wildman–Crippen MR) is 71.5 cm³/mol. The molecule has 6 nitrogen and oxygen atoms in total. The molecule has 6 heteroatoms. The smallest absolute Gasteiger partial charge is 0.226 e. The highest BCUT2D eigenvalue weighted by Crippen LogP contribution is 2.32. The van der Waals surface area contributed by atoms with Gasteiger partial charge in [0.1, 0.15) is 0 Å². The molecule has 0 unspecified atom stereocenters. The third-order valence-electron chi connectivity index (χ3n) is 2.69. The quantitative estimate of drug-likeness (QED) is 0.835. The molecule has 0 aliphatic rings. The van der Waals surface area contributed by atoms with Crippen molar-refractivity contribution in [3.05, 3.63) is 35.5 Å². The van der Waals surface area contributed by atoms with E-state index in [2.05, 4.69) is 10.1 Å². The Morgan fingerprint density at radius 2 is 2.10 bits per heavy atom. The van der Waals surface area contributed by atoms with E-state index in [1.54, 1.807) is 12.1 Å². The maximum Gasteiger partial charge on any atom is 0.226 e. The van der Waals surface area contributed by atoms with Crippen molar-refractivity contribution in [1.29, 1.82) is 0 Å². The normalized spacial score (nSPS) is 10.6. The molecule has 0 amide bonds. The first-order chi connectivity index (χ1) is 9.78. The van der Waals surface area contributed by atoms with E-state index in [1.807, 2.05) is 19.9 Å². The Labute approximate surface area is 117 Å². The first-order valence-corrected chi connectivity index (χ1v) is 6.58. The molecular weight excluding hydrogens is 260 g/mol. The summed E-state index contributed by atoms with van der Waals surface area (Å²) in [5.41, 5.74) is 0.662. The average molecular weight is 278 g/mol. The molecule has 2 rings (SSSR count). The fraction of sp³-hybridized carbons (Fsp3) is 0.429. The molecule has 0 fully saturated rings. The number of nitrogens with zero attached hydrogens (tertiary/aromatic N) is 2. The third kappa shape index (κ3) is 3.27. The van der Waals surface area contributed by atoms with Crippen LogP contribution in [0.5, 0.6) is 11.5 Å². The molecule has 0 radical (unpaired) electrons. The van der Waals surface area contributed by atoms with Gasteiger partial charge in [-0.3, -0.25) is 0 Å². The summed E-state index contributed by atoms with van der Waals surface area (Å²) in [6.45, 7) is 4.39. The van der Waals surface area contributed by atoms with Crippen molar-refractivity contribution < 1.29 is 19.1 Å². The minimum Gasteiger partial charge on any atom is -0.490 e. The summed E-state index contributed by atoms with van der Waals surface area (Å²) in [6.07, 6.45) is 0.685. The summed E-state index contributed by atoms with van der Waals surface area (Å²) >= 11 is 0. The third-order valence-corrected chi connectivity index (χ3v) is 2.69. The van der Waals surface area contributed by atoms with Gasteiger partial charge < -0.3 is 19.1 Å². The Kier molecular flexibility index (Phi) is 4.95. The summed E-state index contributed by atoms with van der Waals surface area (Å²) in [5.74, 6) is 2.15. The van der Waals surface area contributed by atoms with Gasteiger partial charge in [0.25, 0.3) is 0 Å². The molecule has 2 aromatic rings. The van der Waals surface area contributed by atoms with Crippen molar-refractivity contribution in [3.63, 3.8) is 0 Å². The van der Waals surface area contributed by atoms with Crippen molar-refractivity contribution in [1.82, 2.24) is 10.1 Å². The lowest BCUT2D eigenvalue weighted by Crippen LogP contribution is -2.03. The van der Waals surface area contributed by atoms with Gasteiger partial charge in [0.15, 0.2) is 18.1 Å². The average Bonchev–Trinajstić information content (AvgIpc) is 2.94. The van der Waals surface area contributed by atoms with Crippen LogP contribution < -0.4 is 9.47 Å². The van der Waals surface area contributed by atoms with Crippen molar-refractivity contribution >= 4 is 0 Å². The SMILES string of the molecule is CCOc1cccc(CO)c1OCc1noc(CC)n1. The number of para-hydroxylation sites is 1. The van der Waals surface area contributed by atoms with Gasteiger partial charge in [-0.2, -0.15) is 4.98 Å². The highest BCUT2D eigenvalue weighted by molar-refractivity contribution is 5.46. The van der Waals surface area contributed by atoms with E-state index in [1.165, 1.54) is 0 Å². The molecule has 1 N–H and O–H groups in total. The lowest BCUT2D eigenvalue weighted by Gasteiger charge is -2.13. The van der Waals surface area contributed by atoms with Gasteiger partial charge in [0.05, 0.1) is 13.2 Å². The van der Waals surface area contributed by atoms with E-state index in [0.717, 1.165) is 0 Å². The maximum absolute atomic E-state index is 9.37. The second-order valence-electron chi connectivity index (χ2n) is 4.08. The number of rotatable bonds is 7. The van der Waals surface area contributed by atoms with Crippen molar-refractivity contribution in [3.8, 4) is 11.5 Å². The van der Waals surface area contributed by atoms with E-state index in [0.29, 0.717) is 41.8 Å². The van der Waals surface area contributed by atoms with E-state index < -0.39 is 0 Å². The fourth-order valence-electron chi connectivity index (χ4n) is 1.75. The van der Waals surface area contributed by atoms with Crippen LogP contribution in [0.25, 0.3) is 0 Å². The second-order valence-corrected chi connectivity index (χ2v) is 4.08. The van der Waals surface area contributed by atoms with Crippen LogP contribution in [0.1, 0.15) is 31.1 Å². The first kappa shape index (κ1) is 14.3. The van der Waals surface area contributed by atoms with E-state index in [4.69, 9.17) is 14.0 Å². The molecule has 0 saturated heterocycles. The van der Waals surface area contributed by atoms with Crippen LogP contribution in [0.4, 0.5) is 0 Å². The molecule has 0 aliphatic carbocycles. The summed E-state index contributed by atoms with van der Waals surface area (Å²) in [6, 6.07) is 5.39. The Morgan fingerprint density at radius 1 is 1.25 bits per heavy atom. The van der Waals surface area contributed by atoms with Crippen LogP contribution in [0.3, 0.4) is 0 Å². The highest BCUT2D eigenvalue weighted by Gasteiger charge is 2.12. The molecule has 0 saturated carbocycles. The van der Waals surface area contributed by atoms with Gasteiger partial charge in [-0.1, -0.05) is 24.2 Å². The highest BCUT2D eigenvalue weighted by atomic mass is 16.5. The fourth-order valence-corrected chi connectivity index (χ4v) is 1.75. The number of ether oxygens (including phenoxy) is 2. The van der Waals surface area contributed by atoms with Crippen molar-refractivity contribution in [2.45, 2.75) is 33.5 Å². The molecular formula is C14H18N2O4. The van der Waals surface area contributed by atoms with Crippen LogP contribution in [0.2, 0.25) is 0 Å². The number of aromatic nitrogens is 2. The van der Waals surface area contributed by atoms with Gasteiger partial charge in [-0.15, -0.1) is 0 Å². The van der Waals surface area contributed by atoms with Crippen LogP contribution >= 0.6 is 0 Å². The van der Waals surface area contributed by atoms with Crippen LogP contribution in [0.15, 0.2) is 22.7 Å². The Bertz CT molecular complexity index is 554. The Balaban J connectivity index is 2.14. The number of hydrogen-bond donors (Lipinski definition) is 1. The lowest BCUT2D eigenvalue weighted by molar-refractivity contribution is 0.237. The molecule has 0 atom stereocenters. The molecule has 0 bridgehead atoms. The maximum atomic E-state index is 9.37. The van der Waals surface area contributed by atoms with Crippen molar-refractivity contribution in [2.75, 3.05) is 6.61 Å². The van der Waals surface area contributed by atoms with E-state index in [-0.39, 0.29) is 13.2 Å². The largest absolute Gasteiger partial charge is 0.490 e. The standard InChI is InChI=1S/C14H18N2O4/c1-3-13-15-12(16-20-13)9-19-14-10(8-17)6-5-7-11(14)18-4-2/h5-7,17H,3-4,8-9H2,1-2H3. The number of hydrogen-bond acceptors (Lipinski definition) is 6. The zero-order valence-corrected chi connectivity index (χ0v) is 11.6. The summed E-state index contributed by atoms with van der Waals surface area (Å²) in [5, 5.41) is 13.2. The lowest BCUT2D eigenvalue weighted by atomic mass is 10.2. The minimum absolute atomic E-state index is 0.122. The van der Waals surface area contributed by atoms with E-state index in [9.17, 15) is 5.11 Å². The topological polar surface area (TPSA) is 77.6 Å². The Morgan fingerprint density at radius 3 is 2.75 bits per heavy atom. The zero-order chi connectivity index (χ0) is 14.4. The van der Waals surface area contributed by atoms with Crippen LogP contribution in [-0.4, -0.2) is 21.9 Å². The molecule has 1 heterocycles. The predicted octanol–water partition coefficient (Wildman–Crippen LogP) is 2.10. The molecule has 1 aromatic carbocycles. The summed E-state index contributed by atoms with van der Waals surface area (Å²) in [7, 11) is 0. The van der Waals surface area contributed by atoms with Crippen LogP contribution in [0, 0.1) is 0 Å². The van der Waals surface area contributed by atoms with Crippen LogP contribution in [-0.2, 0) is 19.6 Å². The molecule has 108 valence electrons. The molecule has 1 aromatic heterocycles. The van der Waals surface area contributed by atoms with Gasteiger partial charge >= 0.3 is 0 Å². The van der Waals surface area contributed by atoms with Gasteiger partial charge in [-0.05, 0) is 13.0 Å². The van der Waals surface area contributed by atoms with Gasteiger partial charge in [0, 0.05) is 12.0 Å². The Hall–Kier alpha value is -2.08. The second kappa shape index (κ2) is 6.91. The molecule has 20 heavy (non-hydrogen) atoms. The number of benzene rings is 1. The monoisotopic (exact) mass is 278 g/mol. The molecule has 0 spiro atoms. The van der Waals surface area contributed by atoms with E-state index >= 15 is 0 Å². The minimum atomic E-state index is -0.122.